The van der Waals surface area contributed by atoms with Gasteiger partial charge in [-0.25, -0.2) is 4.98 Å². The molecule has 1 aromatic heterocycles. The predicted molar refractivity (Wildman–Crippen MR) is 82.0 cm³/mol. The molecule has 1 fully saturated rings. The van der Waals surface area contributed by atoms with Gasteiger partial charge < -0.3 is 10.1 Å². The van der Waals surface area contributed by atoms with Crippen LogP contribution in [0.4, 0.5) is 0 Å². The van der Waals surface area contributed by atoms with Crippen molar-refractivity contribution in [2.24, 2.45) is 0 Å². The first kappa shape index (κ1) is 15.3. The lowest BCUT2D eigenvalue weighted by Crippen LogP contribution is -2.63. The van der Waals surface area contributed by atoms with E-state index in [2.05, 4.69) is 42.0 Å². The van der Waals surface area contributed by atoms with Gasteiger partial charge in [0.25, 0.3) is 0 Å². The Bertz CT molecular complexity index is 431. The van der Waals surface area contributed by atoms with E-state index in [0.717, 1.165) is 38.2 Å². The monoisotopic (exact) mass is 277 g/mol. The molecule has 1 aromatic rings. The van der Waals surface area contributed by atoms with Crippen LogP contribution in [0.1, 0.15) is 39.3 Å². The summed E-state index contributed by atoms with van der Waals surface area (Å²) < 4.78 is 5.23. The van der Waals surface area contributed by atoms with E-state index in [-0.39, 0.29) is 5.54 Å². The highest BCUT2D eigenvalue weighted by Gasteiger charge is 2.37. The van der Waals surface area contributed by atoms with Gasteiger partial charge in [-0.15, -0.1) is 0 Å². The third kappa shape index (κ3) is 3.13. The molecule has 2 heterocycles. The lowest BCUT2D eigenvalue weighted by Gasteiger charge is -2.49. The highest BCUT2D eigenvalue weighted by Crippen LogP contribution is 2.28. The van der Waals surface area contributed by atoms with Crippen LogP contribution >= 0.6 is 0 Å². The molecule has 20 heavy (non-hydrogen) atoms. The van der Waals surface area contributed by atoms with E-state index in [0.29, 0.717) is 11.9 Å². The quantitative estimate of drug-likeness (QED) is 0.897. The van der Waals surface area contributed by atoms with Gasteiger partial charge in [0.05, 0.1) is 12.8 Å². The molecule has 0 saturated carbocycles. The van der Waals surface area contributed by atoms with Crippen molar-refractivity contribution in [2.45, 2.75) is 51.7 Å². The van der Waals surface area contributed by atoms with Crippen molar-refractivity contribution in [1.29, 1.82) is 0 Å². The van der Waals surface area contributed by atoms with Crippen molar-refractivity contribution < 1.29 is 4.74 Å². The second-order valence-corrected chi connectivity index (χ2v) is 5.77. The number of piperazine rings is 1. The summed E-state index contributed by atoms with van der Waals surface area (Å²) in [4.78, 5) is 7.15. The molecule has 0 bridgehead atoms. The Morgan fingerprint density at radius 2 is 2.15 bits per heavy atom. The second-order valence-electron chi connectivity index (χ2n) is 5.77. The first-order chi connectivity index (χ1) is 9.63. The van der Waals surface area contributed by atoms with Crippen molar-refractivity contribution in [3.8, 4) is 5.88 Å². The Labute approximate surface area is 122 Å². The van der Waals surface area contributed by atoms with Crippen molar-refractivity contribution in [3.63, 3.8) is 0 Å². The highest BCUT2D eigenvalue weighted by atomic mass is 16.5. The number of pyridine rings is 1. The molecular formula is C16H27N3O. The molecular weight excluding hydrogens is 250 g/mol. The summed E-state index contributed by atoms with van der Waals surface area (Å²) in [6.07, 6.45) is 2.32. The van der Waals surface area contributed by atoms with Gasteiger partial charge in [-0.2, -0.15) is 0 Å². The number of ether oxygens (including phenoxy) is 1. The smallest absolute Gasteiger partial charge is 0.213 e. The first-order valence-electron chi connectivity index (χ1n) is 7.62. The van der Waals surface area contributed by atoms with E-state index in [1.165, 1.54) is 0 Å². The minimum absolute atomic E-state index is 0.247. The molecule has 1 unspecified atom stereocenters. The number of hydrogen-bond donors (Lipinski definition) is 1. The fourth-order valence-electron chi connectivity index (χ4n) is 3.10. The van der Waals surface area contributed by atoms with Crippen molar-refractivity contribution in [3.05, 3.63) is 23.9 Å². The van der Waals surface area contributed by atoms with Gasteiger partial charge in [0.15, 0.2) is 0 Å². The molecule has 0 radical (unpaired) electrons. The number of nitrogens with one attached hydrogen (secondary N) is 1. The minimum atomic E-state index is 0.247. The molecule has 0 spiro atoms. The average molecular weight is 277 g/mol. The van der Waals surface area contributed by atoms with Gasteiger partial charge in [-0.1, -0.05) is 19.9 Å². The van der Waals surface area contributed by atoms with Crippen LogP contribution in [-0.4, -0.2) is 41.7 Å². The number of hydrogen-bond acceptors (Lipinski definition) is 4. The van der Waals surface area contributed by atoms with E-state index >= 15 is 0 Å². The summed E-state index contributed by atoms with van der Waals surface area (Å²) in [6, 6.07) is 6.54. The Balaban J connectivity index is 2.18. The molecule has 1 saturated heterocycles. The Morgan fingerprint density at radius 1 is 1.40 bits per heavy atom. The maximum Gasteiger partial charge on any atom is 0.213 e. The topological polar surface area (TPSA) is 37.4 Å². The van der Waals surface area contributed by atoms with E-state index in [1.54, 1.807) is 7.11 Å². The van der Waals surface area contributed by atoms with Crippen LogP contribution in [0.2, 0.25) is 0 Å². The third-order valence-electron chi connectivity index (χ3n) is 4.60. The van der Waals surface area contributed by atoms with Gasteiger partial charge in [-0.05, 0) is 25.8 Å². The summed E-state index contributed by atoms with van der Waals surface area (Å²) in [7, 11) is 1.67. The van der Waals surface area contributed by atoms with Crippen LogP contribution in [0.25, 0.3) is 0 Å². The number of rotatable bonds is 5. The van der Waals surface area contributed by atoms with Gasteiger partial charge in [0, 0.05) is 37.3 Å². The minimum Gasteiger partial charge on any atom is -0.481 e. The molecule has 1 aliphatic heterocycles. The van der Waals surface area contributed by atoms with Crippen molar-refractivity contribution in [2.75, 3.05) is 20.2 Å². The molecule has 0 amide bonds. The van der Waals surface area contributed by atoms with Crippen LogP contribution in [-0.2, 0) is 6.54 Å². The predicted octanol–water partition coefficient (Wildman–Crippen LogP) is 2.44. The summed E-state index contributed by atoms with van der Waals surface area (Å²) in [5.41, 5.74) is 1.33. The molecule has 4 heteroatoms. The molecule has 1 atom stereocenters. The van der Waals surface area contributed by atoms with Gasteiger partial charge in [0.1, 0.15) is 0 Å². The molecule has 2 rings (SSSR count). The fourth-order valence-corrected chi connectivity index (χ4v) is 3.10. The standard InChI is InChI=1S/C16H27N3O/c1-5-16(6-2)12-17-13(3)10-19(16)11-14-8-7-9-15(18-14)20-4/h7-9,13,17H,5-6,10-12H2,1-4H3. The van der Waals surface area contributed by atoms with Crippen molar-refractivity contribution >= 4 is 0 Å². The molecule has 112 valence electrons. The first-order valence-corrected chi connectivity index (χ1v) is 7.62. The van der Waals surface area contributed by atoms with E-state index in [9.17, 15) is 0 Å². The largest absolute Gasteiger partial charge is 0.481 e. The molecule has 0 aliphatic carbocycles. The lowest BCUT2D eigenvalue weighted by molar-refractivity contribution is 0.0267. The Morgan fingerprint density at radius 3 is 2.80 bits per heavy atom. The molecule has 0 aromatic carbocycles. The van der Waals surface area contributed by atoms with Crippen molar-refractivity contribution in [1.82, 2.24) is 15.2 Å². The van der Waals surface area contributed by atoms with Crippen LogP contribution in [0.15, 0.2) is 18.2 Å². The summed E-state index contributed by atoms with van der Waals surface area (Å²) >= 11 is 0. The van der Waals surface area contributed by atoms with Gasteiger partial charge in [-0.3, -0.25) is 4.90 Å². The van der Waals surface area contributed by atoms with E-state index < -0.39 is 0 Å². The van der Waals surface area contributed by atoms with E-state index in [1.807, 2.05) is 12.1 Å². The maximum atomic E-state index is 5.23. The molecule has 1 N–H and O–H groups in total. The van der Waals surface area contributed by atoms with Crippen LogP contribution in [0.5, 0.6) is 5.88 Å². The Kier molecular flexibility index (Phi) is 5.00. The van der Waals surface area contributed by atoms with E-state index in [4.69, 9.17) is 4.74 Å². The normalized spacial score (nSPS) is 22.7. The SMILES string of the molecule is CCC1(CC)CNC(C)CN1Cc1cccc(OC)n1. The summed E-state index contributed by atoms with van der Waals surface area (Å²) in [5.74, 6) is 0.698. The Hall–Kier alpha value is -1.13. The number of nitrogens with zero attached hydrogens (tertiary/aromatic N) is 2. The van der Waals surface area contributed by atoms with Crippen LogP contribution in [0.3, 0.4) is 0 Å². The van der Waals surface area contributed by atoms with Gasteiger partial charge >= 0.3 is 0 Å². The highest BCUT2D eigenvalue weighted by molar-refractivity contribution is 5.16. The lowest BCUT2D eigenvalue weighted by atomic mass is 9.87. The zero-order valence-corrected chi connectivity index (χ0v) is 13.1. The number of methoxy groups -OCH3 is 1. The zero-order valence-electron chi connectivity index (χ0n) is 13.1. The zero-order chi connectivity index (χ0) is 14.6. The molecule has 1 aliphatic rings. The van der Waals surface area contributed by atoms with Crippen LogP contribution < -0.4 is 10.1 Å². The number of aromatic nitrogens is 1. The second kappa shape index (κ2) is 6.55. The fraction of sp³-hybridized carbons (Fsp3) is 0.688. The van der Waals surface area contributed by atoms with Gasteiger partial charge in [0.2, 0.25) is 5.88 Å². The van der Waals surface area contributed by atoms with Crippen LogP contribution in [0, 0.1) is 0 Å². The average Bonchev–Trinajstić information content (AvgIpc) is 2.48. The molecule has 4 nitrogen and oxygen atoms in total. The summed E-state index contributed by atoms with van der Waals surface area (Å²) in [6.45, 7) is 9.85. The summed E-state index contributed by atoms with van der Waals surface area (Å²) in [5, 5.41) is 3.63. The maximum absolute atomic E-state index is 5.23. The third-order valence-corrected chi connectivity index (χ3v) is 4.60.